The highest BCUT2D eigenvalue weighted by Gasteiger charge is 2.47. The van der Waals surface area contributed by atoms with Crippen LogP contribution < -0.4 is 4.74 Å². The minimum Gasteiger partial charge on any atom is -0.493 e. The predicted octanol–water partition coefficient (Wildman–Crippen LogP) is 3.32. The summed E-state index contributed by atoms with van der Waals surface area (Å²) in [5, 5.41) is 10.5. The smallest absolute Gasteiger partial charge is 0.308 e. The van der Waals surface area contributed by atoms with Crippen LogP contribution in [-0.2, 0) is 20.8 Å². The topological polar surface area (TPSA) is 93.6 Å². The molecule has 2 heterocycles. The number of benzene rings is 1. The van der Waals surface area contributed by atoms with Crippen LogP contribution in [0.25, 0.3) is 0 Å². The number of unbranched alkanes of at least 4 members (excludes halogenated alkanes) is 2. The number of carboxylic acids is 1. The summed E-state index contributed by atoms with van der Waals surface area (Å²) in [5.74, 6) is -0.832. The Balaban J connectivity index is 1.83. The molecular weight excluding hydrogens is 508 g/mol. The van der Waals surface area contributed by atoms with Crippen molar-refractivity contribution in [2.24, 2.45) is 5.92 Å². The first-order valence-electron chi connectivity index (χ1n) is 15.1. The molecule has 0 bridgehead atoms. The van der Waals surface area contributed by atoms with Crippen molar-refractivity contribution in [1.29, 1.82) is 0 Å². The van der Waals surface area contributed by atoms with Gasteiger partial charge in [-0.3, -0.25) is 19.3 Å². The van der Waals surface area contributed by atoms with E-state index in [2.05, 4.69) is 36.9 Å². The van der Waals surface area contributed by atoms with E-state index in [0.717, 1.165) is 68.6 Å². The minimum absolute atomic E-state index is 0.0198. The van der Waals surface area contributed by atoms with Crippen LogP contribution in [0.2, 0.25) is 0 Å². The molecule has 2 aliphatic rings. The Bertz CT molecular complexity index is 1000. The average Bonchev–Trinajstić information content (AvgIpc) is 3.52. The number of likely N-dealkylation sites (tertiary alicyclic amines) is 1. The molecule has 0 unspecified atom stereocenters. The monoisotopic (exact) mass is 558 g/mol. The van der Waals surface area contributed by atoms with Crippen molar-refractivity contribution in [2.75, 3.05) is 66.5 Å². The Morgan fingerprint density at radius 2 is 1.75 bits per heavy atom. The van der Waals surface area contributed by atoms with E-state index in [1.54, 1.807) is 11.8 Å². The van der Waals surface area contributed by atoms with Gasteiger partial charge in [0.2, 0.25) is 11.8 Å². The molecular formula is C31H50N4O5. The number of amides is 2. The van der Waals surface area contributed by atoms with Gasteiger partial charge in [0.15, 0.2) is 0 Å². The second-order valence-electron chi connectivity index (χ2n) is 11.6. The molecule has 1 saturated heterocycles. The molecule has 0 aromatic heterocycles. The molecule has 0 radical (unpaired) electrons. The number of rotatable bonds is 16. The Hall–Kier alpha value is -2.65. The van der Waals surface area contributed by atoms with Gasteiger partial charge in [0.25, 0.3) is 0 Å². The number of carbonyl (C=O) groups is 3. The summed E-state index contributed by atoms with van der Waals surface area (Å²) in [6.45, 7) is 10.4. The van der Waals surface area contributed by atoms with Crippen LogP contribution in [-0.4, -0.2) is 115 Å². The van der Waals surface area contributed by atoms with Gasteiger partial charge < -0.3 is 24.5 Å². The van der Waals surface area contributed by atoms with Crippen LogP contribution in [0.15, 0.2) is 18.2 Å². The third-order valence-corrected chi connectivity index (χ3v) is 8.45. The SMILES string of the molecule is CCCCN(CCCCN(C)C)C(=O)CN1C[C@H](c2ccc3c(c2)CCO3)[C@@H](C(=O)O)[C@@H]1CCN(CC)C(C)=O. The molecule has 0 aliphatic carbocycles. The molecule has 1 N–H and O–H groups in total. The highest BCUT2D eigenvalue weighted by molar-refractivity contribution is 5.79. The number of carbonyl (C=O) groups excluding carboxylic acids is 2. The normalized spacial score (nSPS) is 20.4. The van der Waals surface area contributed by atoms with E-state index in [1.165, 1.54) is 0 Å². The summed E-state index contributed by atoms with van der Waals surface area (Å²) in [6.07, 6.45) is 5.27. The molecule has 2 amide bonds. The van der Waals surface area contributed by atoms with Crippen molar-refractivity contribution in [3.8, 4) is 5.75 Å². The maximum absolute atomic E-state index is 13.7. The van der Waals surface area contributed by atoms with E-state index in [0.29, 0.717) is 32.7 Å². The van der Waals surface area contributed by atoms with Gasteiger partial charge in [-0.05, 0) is 70.4 Å². The molecule has 9 heteroatoms. The molecule has 0 spiro atoms. The van der Waals surface area contributed by atoms with Crippen LogP contribution in [0.3, 0.4) is 0 Å². The maximum atomic E-state index is 13.7. The Morgan fingerprint density at radius 3 is 2.40 bits per heavy atom. The molecule has 40 heavy (non-hydrogen) atoms. The van der Waals surface area contributed by atoms with Gasteiger partial charge in [-0.1, -0.05) is 25.5 Å². The maximum Gasteiger partial charge on any atom is 0.308 e. The van der Waals surface area contributed by atoms with Gasteiger partial charge in [-0.15, -0.1) is 0 Å². The zero-order valence-electron chi connectivity index (χ0n) is 25.2. The second-order valence-corrected chi connectivity index (χ2v) is 11.6. The molecule has 3 rings (SSSR count). The predicted molar refractivity (Wildman–Crippen MR) is 157 cm³/mol. The summed E-state index contributed by atoms with van der Waals surface area (Å²) in [6, 6.07) is 5.69. The van der Waals surface area contributed by atoms with Gasteiger partial charge in [0.1, 0.15) is 5.75 Å². The van der Waals surface area contributed by atoms with Crippen molar-refractivity contribution in [3.05, 3.63) is 29.3 Å². The number of fused-ring (bicyclic) bond motifs is 1. The molecule has 3 atom stereocenters. The number of nitrogens with zero attached hydrogens (tertiary/aromatic N) is 4. The molecule has 9 nitrogen and oxygen atoms in total. The number of aliphatic carboxylic acids is 1. The van der Waals surface area contributed by atoms with E-state index in [1.807, 2.05) is 24.0 Å². The van der Waals surface area contributed by atoms with E-state index >= 15 is 0 Å². The Kier molecular flexibility index (Phi) is 12.3. The van der Waals surface area contributed by atoms with Crippen LogP contribution in [0, 0.1) is 5.92 Å². The number of hydrogen-bond donors (Lipinski definition) is 1. The van der Waals surface area contributed by atoms with Crippen molar-refractivity contribution in [3.63, 3.8) is 0 Å². The largest absolute Gasteiger partial charge is 0.493 e. The first-order valence-corrected chi connectivity index (χ1v) is 15.1. The lowest BCUT2D eigenvalue weighted by molar-refractivity contribution is -0.144. The molecule has 1 fully saturated rings. The molecule has 224 valence electrons. The minimum atomic E-state index is -0.848. The van der Waals surface area contributed by atoms with Crippen molar-refractivity contribution >= 4 is 17.8 Å². The second kappa shape index (κ2) is 15.4. The average molecular weight is 559 g/mol. The summed E-state index contributed by atoms with van der Waals surface area (Å²) in [4.78, 5) is 46.6. The van der Waals surface area contributed by atoms with E-state index < -0.39 is 11.9 Å². The zero-order valence-corrected chi connectivity index (χ0v) is 25.2. The Labute approximate surface area is 240 Å². The Morgan fingerprint density at radius 1 is 1.02 bits per heavy atom. The highest BCUT2D eigenvalue weighted by Crippen LogP contribution is 2.41. The lowest BCUT2D eigenvalue weighted by atomic mass is 9.83. The number of hydrogen-bond acceptors (Lipinski definition) is 6. The van der Waals surface area contributed by atoms with E-state index in [9.17, 15) is 19.5 Å². The standard InChI is InChI=1S/C31H50N4O5/c1-6-8-16-34(17-10-9-15-32(4)5)29(37)22-35-21-26(24-11-12-28-25(20-24)14-19-40-28)30(31(38)39)27(35)13-18-33(7-2)23(3)36/h11-12,20,26-27,30H,6-10,13-19,21-22H2,1-5H3,(H,38,39)/t26-,27+,30-/m1/s1. The first kappa shape index (κ1) is 31.9. The van der Waals surface area contributed by atoms with Gasteiger partial charge >= 0.3 is 5.97 Å². The molecule has 1 aromatic carbocycles. The van der Waals surface area contributed by atoms with Gasteiger partial charge in [0.05, 0.1) is 19.1 Å². The van der Waals surface area contributed by atoms with Crippen LogP contribution >= 0.6 is 0 Å². The molecule has 0 saturated carbocycles. The third kappa shape index (κ3) is 8.43. The summed E-state index contributed by atoms with van der Waals surface area (Å²) in [5.41, 5.74) is 2.10. The third-order valence-electron chi connectivity index (χ3n) is 8.45. The fourth-order valence-electron chi connectivity index (χ4n) is 6.17. The summed E-state index contributed by atoms with van der Waals surface area (Å²) in [7, 11) is 4.12. The van der Waals surface area contributed by atoms with Crippen LogP contribution in [0.1, 0.15) is 69.9 Å². The van der Waals surface area contributed by atoms with Crippen LogP contribution in [0.4, 0.5) is 0 Å². The highest BCUT2D eigenvalue weighted by atomic mass is 16.5. The van der Waals surface area contributed by atoms with Crippen molar-refractivity contribution in [2.45, 2.75) is 71.3 Å². The number of ether oxygens (including phenoxy) is 1. The lowest BCUT2D eigenvalue weighted by Crippen LogP contribution is -2.46. The van der Waals surface area contributed by atoms with Gasteiger partial charge in [-0.25, -0.2) is 0 Å². The quantitative estimate of drug-likeness (QED) is 0.311. The molecule has 1 aromatic rings. The van der Waals surface area contributed by atoms with E-state index in [4.69, 9.17) is 4.74 Å². The van der Waals surface area contributed by atoms with Crippen molar-refractivity contribution in [1.82, 2.24) is 19.6 Å². The van der Waals surface area contributed by atoms with Gasteiger partial charge in [-0.2, -0.15) is 0 Å². The fraction of sp³-hybridized carbons (Fsp3) is 0.710. The van der Waals surface area contributed by atoms with Gasteiger partial charge in [0, 0.05) is 58.0 Å². The first-order chi connectivity index (χ1) is 19.2. The fourth-order valence-corrected chi connectivity index (χ4v) is 6.17. The number of carboxylic acid groups (broad SMARTS) is 1. The summed E-state index contributed by atoms with van der Waals surface area (Å²) < 4.78 is 5.68. The zero-order chi connectivity index (χ0) is 29.2. The molecule has 2 aliphatic heterocycles. The lowest BCUT2D eigenvalue weighted by Gasteiger charge is -2.31. The van der Waals surface area contributed by atoms with E-state index in [-0.39, 0.29) is 30.3 Å². The van der Waals surface area contributed by atoms with Crippen LogP contribution in [0.5, 0.6) is 5.75 Å². The van der Waals surface area contributed by atoms with Crippen molar-refractivity contribution < 1.29 is 24.2 Å². The summed E-state index contributed by atoms with van der Waals surface area (Å²) >= 11 is 0.